The molecular formula is C13H13Cl2N3O. The maximum Gasteiger partial charge on any atom is 0.159 e. The highest BCUT2D eigenvalue weighted by Crippen LogP contribution is 2.45. The van der Waals surface area contributed by atoms with Gasteiger partial charge in [0.05, 0.1) is 12.0 Å². The fraction of sp³-hybridized carbons (Fsp3) is 0.385. The molecule has 1 aromatic carbocycles. The summed E-state index contributed by atoms with van der Waals surface area (Å²) in [6, 6.07) is 5.41. The molecule has 1 saturated carbocycles. The minimum atomic E-state index is -0.223. The van der Waals surface area contributed by atoms with Crippen LogP contribution in [0.1, 0.15) is 30.1 Å². The van der Waals surface area contributed by atoms with Crippen molar-refractivity contribution in [1.82, 2.24) is 15.2 Å². The maximum atomic E-state index is 9.36. The Kier molecular flexibility index (Phi) is 3.25. The predicted octanol–water partition coefficient (Wildman–Crippen LogP) is 2.73. The Morgan fingerprint density at radius 1 is 1.26 bits per heavy atom. The largest absolute Gasteiger partial charge is 0.395 e. The van der Waals surface area contributed by atoms with E-state index in [1.165, 1.54) is 0 Å². The molecule has 1 aliphatic carbocycles. The van der Waals surface area contributed by atoms with Gasteiger partial charge < -0.3 is 5.11 Å². The highest BCUT2D eigenvalue weighted by Gasteiger charge is 2.47. The second-order valence-corrected chi connectivity index (χ2v) is 5.74. The molecule has 0 radical (unpaired) electrons. The Labute approximate surface area is 120 Å². The molecule has 19 heavy (non-hydrogen) atoms. The van der Waals surface area contributed by atoms with Crippen molar-refractivity contribution < 1.29 is 5.11 Å². The number of hydrogen-bond acceptors (Lipinski definition) is 3. The van der Waals surface area contributed by atoms with Crippen LogP contribution in [0.15, 0.2) is 18.2 Å². The highest BCUT2D eigenvalue weighted by atomic mass is 35.5. The van der Waals surface area contributed by atoms with E-state index in [4.69, 9.17) is 23.2 Å². The first-order valence-corrected chi connectivity index (χ1v) is 6.86. The van der Waals surface area contributed by atoms with Crippen LogP contribution in [-0.2, 0) is 11.8 Å². The molecule has 1 aromatic heterocycles. The number of nitrogens with zero attached hydrogens (tertiary/aromatic N) is 2. The van der Waals surface area contributed by atoms with E-state index in [1.807, 2.05) is 6.07 Å². The summed E-state index contributed by atoms with van der Waals surface area (Å²) >= 11 is 12.3. The van der Waals surface area contributed by atoms with E-state index < -0.39 is 0 Å². The predicted molar refractivity (Wildman–Crippen MR) is 73.6 cm³/mol. The van der Waals surface area contributed by atoms with Gasteiger partial charge in [0, 0.05) is 16.5 Å². The van der Waals surface area contributed by atoms with Crippen LogP contribution >= 0.6 is 23.2 Å². The Morgan fingerprint density at radius 3 is 2.53 bits per heavy atom. The summed E-state index contributed by atoms with van der Waals surface area (Å²) in [5.41, 5.74) is 0.612. The molecule has 1 aliphatic rings. The molecule has 1 fully saturated rings. The summed E-state index contributed by atoms with van der Waals surface area (Å²) in [5, 5.41) is 17.7. The second kappa shape index (κ2) is 4.78. The van der Waals surface area contributed by atoms with Crippen molar-refractivity contribution in [1.29, 1.82) is 0 Å². The van der Waals surface area contributed by atoms with Gasteiger partial charge in [0.2, 0.25) is 0 Å². The molecule has 0 unspecified atom stereocenters. The summed E-state index contributed by atoms with van der Waals surface area (Å²) < 4.78 is 0. The van der Waals surface area contributed by atoms with E-state index in [1.54, 1.807) is 12.1 Å². The lowest BCUT2D eigenvalue weighted by atomic mass is 10.1. The van der Waals surface area contributed by atoms with E-state index in [0.717, 1.165) is 18.4 Å². The van der Waals surface area contributed by atoms with Crippen LogP contribution in [0, 0.1) is 0 Å². The lowest BCUT2D eigenvalue weighted by Gasteiger charge is -2.05. The summed E-state index contributed by atoms with van der Waals surface area (Å²) in [5.74, 6) is 1.40. The van der Waals surface area contributed by atoms with Gasteiger partial charge in [0.15, 0.2) is 5.82 Å². The molecule has 0 atom stereocenters. The zero-order chi connectivity index (χ0) is 13.5. The molecule has 2 N–H and O–H groups in total. The minimum absolute atomic E-state index is 0.0944. The second-order valence-electron chi connectivity index (χ2n) is 4.92. The van der Waals surface area contributed by atoms with Gasteiger partial charge >= 0.3 is 0 Å². The Balaban J connectivity index is 1.85. The van der Waals surface area contributed by atoms with Crippen LogP contribution in [0.5, 0.6) is 0 Å². The molecule has 100 valence electrons. The Bertz CT molecular complexity index is 587. The van der Waals surface area contributed by atoms with Gasteiger partial charge in [-0.15, -0.1) is 0 Å². The van der Waals surface area contributed by atoms with Crippen LogP contribution in [-0.4, -0.2) is 26.9 Å². The number of aromatic amines is 1. The van der Waals surface area contributed by atoms with Crippen molar-refractivity contribution >= 4 is 23.2 Å². The Morgan fingerprint density at radius 2 is 1.95 bits per heavy atom. The molecule has 0 spiro atoms. The van der Waals surface area contributed by atoms with Gasteiger partial charge in [-0.2, -0.15) is 5.10 Å². The normalized spacial score (nSPS) is 16.6. The summed E-state index contributed by atoms with van der Waals surface area (Å²) in [7, 11) is 0. The van der Waals surface area contributed by atoms with Crippen molar-refractivity contribution in [3.05, 3.63) is 45.5 Å². The van der Waals surface area contributed by atoms with Crippen molar-refractivity contribution in [3.8, 4) is 0 Å². The first kappa shape index (κ1) is 12.9. The molecule has 6 heteroatoms. The van der Waals surface area contributed by atoms with E-state index in [9.17, 15) is 5.11 Å². The first-order valence-electron chi connectivity index (χ1n) is 6.10. The zero-order valence-corrected chi connectivity index (χ0v) is 11.7. The molecule has 0 saturated heterocycles. The van der Waals surface area contributed by atoms with Crippen molar-refractivity contribution in [2.24, 2.45) is 0 Å². The van der Waals surface area contributed by atoms with Crippen LogP contribution in [0.3, 0.4) is 0 Å². The smallest absolute Gasteiger partial charge is 0.159 e. The number of hydrogen-bond donors (Lipinski definition) is 2. The molecule has 0 amide bonds. The van der Waals surface area contributed by atoms with Gasteiger partial charge in [-0.25, -0.2) is 4.98 Å². The third-order valence-electron chi connectivity index (χ3n) is 3.57. The fourth-order valence-corrected chi connectivity index (χ4v) is 2.61. The third-order valence-corrected chi connectivity index (χ3v) is 4.28. The van der Waals surface area contributed by atoms with Crippen molar-refractivity contribution in [2.75, 3.05) is 6.61 Å². The van der Waals surface area contributed by atoms with E-state index >= 15 is 0 Å². The lowest BCUT2D eigenvalue weighted by molar-refractivity contribution is 0.250. The van der Waals surface area contributed by atoms with E-state index in [-0.39, 0.29) is 12.0 Å². The summed E-state index contributed by atoms with van der Waals surface area (Å²) in [6.45, 7) is 0.0944. The van der Waals surface area contributed by atoms with Gasteiger partial charge in [0.25, 0.3) is 0 Å². The summed E-state index contributed by atoms with van der Waals surface area (Å²) in [6.07, 6.45) is 2.38. The SMILES string of the molecule is OCC1(c2n[nH]c(Cc3c(Cl)cccc3Cl)n2)CC1. The summed E-state index contributed by atoms with van der Waals surface area (Å²) in [4.78, 5) is 4.45. The molecule has 2 aromatic rings. The molecule has 0 bridgehead atoms. The number of benzene rings is 1. The average Bonchev–Trinajstić information content (AvgIpc) is 3.07. The van der Waals surface area contributed by atoms with E-state index in [0.29, 0.717) is 28.1 Å². The molecule has 4 nitrogen and oxygen atoms in total. The standard InChI is InChI=1S/C13H13Cl2N3O/c14-9-2-1-3-10(15)8(9)6-11-16-12(18-17-11)13(7-19)4-5-13/h1-3,19H,4-7H2,(H,16,17,18). The monoisotopic (exact) mass is 297 g/mol. The maximum absolute atomic E-state index is 9.36. The Hall–Kier alpha value is -1.10. The number of nitrogens with one attached hydrogen (secondary N) is 1. The number of H-pyrrole nitrogens is 1. The number of rotatable bonds is 4. The van der Waals surface area contributed by atoms with Crippen molar-refractivity contribution in [3.63, 3.8) is 0 Å². The minimum Gasteiger partial charge on any atom is -0.395 e. The van der Waals surface area contributed by atoms with Gasteiger partial charge in [-0.1, -0.05) is 29.3 Å². The number of halogens is 2. The number of aromatic nitrogens is 3. The zero-order valence-electron chi connectivity index (χ0n) is 10.2. The average molecular weight is 298 g/mol. The highest BCUT2D eigenvalue weighted by molar-refractivity contribution is 6.36. The first-order chi connectivity index (χ1) is 9.14. The lowest BCUT2D eigenvalue weighted by Crippen LogP contribution is -2.13. The number of aliphatic hydroxyl groups is 1. The molecule has 3 rings (SSSR count). The molecular weight excluding hydrogens is 285 g/mol. The van der Waals surface area contributed by atoms with E-state index in [2.05, 4.69) is 15.2 Å². The van der Waals surface area contributed by atoms with Crippen LogP contribution in [0.4, 0.5) is 0 Å². The van der Waals surface area contributed by atoms with Gasteiger partial charge in [-0.05, 0) is 30.5 Å². The number of aliphatic hydroxyl groups excluding tert-OH is 1. The van der Waals surface area contributed by atoms with Crippen LogP contribution < -0.4 is 0 Å². The topological polar surface area (TPSA) is 61.8 Å². The van der Waals surface area contributed by atoms with Crippen LogP contribution in [0.2, 0.25) is 10.0 Å². The molecule has 0 aliphatic heterocycles. The van der Waals surface area contributed by atoms with Gasteiger partial charge in [-0.3, -0.25) is 5.10 Å². The molecule has 1 heterocycles. The fourth-order valence-electron chi connectivity index (χ4n) is 2.08. The van der Waals surface area contributed by atoms with Crippen LogP contribution in [0.25, 0.3) is 0 Å². The van der Waals surface area contributed by atoms with Gasteiger partial charge in [0.1, 0.15) is 5.82 Å². The quantitative estimate of drug-likeness (QED) is 0.912. The third kappa shape index (κ3) is 2.36. The van der Waals surface area contributed by atoms with Crippen molar-refractivity contribution in [2.45, 2.75) is 24.7 Å².